The van der Waals surface area contributed by atoms with Gasteiger partial charge in [-0.1, -0.05) is 54.8 Å². The number of likely N-dealkylation sites (tertiary alicyclic amines) is 1. The molecule has 1 aliphatic carbocycles. The van der Waals surface area contributed by atoms with Crippen molar-refractivity contribution < 1.29 is 31.5 Å². The number of aromatic amines is 1. The zero-order valence-corrected chi connectivity index (χ0v) is 37.6. The highest BCUT2D eigenvalue weighted by Crippen LogP contribution is 2.43. The van der Waals surface area contributed by atoms with Crippen LogP contribution in [-0.4, -0.2) is 111 Å². The molecule has 0 saturated carbocycles. The van der Waals surface area contributed by atoms with Crippen molar-refractivity contribution in [1.29, 1.82) is 0 Å². The number of anilines is 1. The number of sulfonamides is 1. The maximum absolute atomic E-state index is 13.9. The Kier molecular flexibility index (Phi) is 13.6. The number of pyridine rings is 2. The molecule has 1 amide bonds. The summed E-state index contributed by atoms with van der Waals surface area (Å²) in [6.45, 7) is 8.32. The van der Waals surface area contributed by atoms with Crippen molar-refractivity contribution in [2.24, 2.45) is 11.3 Å². The highest BCUT2D eigenvalue weighted by Gasteiger charge is 2.31. The van der Waals surface area contributed by atoms with Gasteiger partial charge in [-0.25, -0.2) is 31.9 Å². The third-order valence-electron chi connectivity index (χ3n) is 12.3. The van der Waals surface area contributed by atoms with Crippen molar-refractivity contribution in [1.82, 2.24) is 29.5 Å². The Morgan fingerprint density at radius 2 is 1.76 bits per heavy atom. The summed E-state index contributed by atoms with van der Waals surface area (Å²) >= 11 is 12.7. The van der Waals surface area contributed by atoms with Crippen molar-refractivity contribution >= 4 is 61.4 Å². The summed E-state index contributed by atoms with van der Waals surface area (Å²) in [7, 11) is -4.47. The Bertz CT molecular complexity index is 2580. The summed E-state index contributed by atoms with van der Waals surface area (Å²) in [6.07, 6.45) is 8.23. The van der Waals surface area contributed by atoms with Gasteiger partial charge in [-0.15, -0.1) is 0 Å². The Morgan fingerprint density at radius 3 is 2.51 bits per heavy atom. The molecule has 12 nitrogen and oxygen atoms in total. The van der Waals surface area contributed by atoms with Crippen molar-refractivity contribution in [3.63, 3.8) is 0 Å². The van der Waals surface area contributed by atoms with Crippen LogP contribution in [0.3, 0.4) is 0 Å². The summed E-state index contributed by atoms with van der Waals surface area (Å²) in [5.74, 6) is -0.406. The molecule has 2 aromatic carbocycles. The first kappa shape index (κ1) is 44.8. The van der Waals surface area contributed by atoms with E-state index in [-0.39, 0.29) is 45.1 Å². The molecule has 5 aromatic rings. The van der Waals surface area contributed by atoms with Gasteiger partial charge in [0, 0.05) is 73.5 Å². The van der Waals surface area contributed by atoms with Gasteiger partial charge in [0.05, 0.1) is 30.6 Å². The normalized spacial score (nSPS) is 18.7. The number of piperazine rings is 1. The molecule has 2 saturated heterocycles. The van der Waals surface area contributed by atoms with Crippen LogP contribution in [0.4, 0.5) is 14.5 Å². The Morgan fingerprint density at radius 1 is 0.984 bits per heavy atom. The number of nitrogens with one attached hydrogen (secondary N) is 2. The molecule has 17 heteroatoms. The van der Waals surface area contributed by atoms with E-state index in [0.717, 1.165) is 80.3 Å². The third kappa shape index (κ3) is 10.6. The van der Waals surface area contributed by atoms with Gasteiger partial charge in [-0.3, -0.25) is 14.6 Å². The highest BCUT2D eigenvalue weighted by molar-refractivity contribution is 7.90. The molecule has 2 fully saturated rings. The second-order valence-electron chi connectivity index (χ2n) is 17.4. The lowest BCUT2D eigenvalue weighted by Gasteiger charge is -2.39. The fraction of sp³-hybridized carbons (Fsp3) is 0.413. The monoisotopic (exact) mass is 921 g/mol. The Labute approximate surface area is 376 Å². The number of hydrogen-bond donors (Lipinski definition) is 2. The predicted molar refractivity (Wildman–Crippen MR) is 242 cm³/mol. The van der Waals surface area contributed by atoms with Crippen LogP contribution < -0.4 is 19.1 Å². The molecule has 2 aliphatic heterocycles. The average molecular weight is 923 g/mol. The number of ether oxygens (including phenoxy) is 2. The zero-order valence-electron chi connectivity index (χ0n) is 35.3. The summed E-state index contributed by atoms with van der Waals surface area (Å²) in [5, 5.41) is 1.45. The van der Waals surface area contributed by atoms with E-state index in [4.69, 9.17) is 32.7 Å². The van der Waals surface area contributed by atoms with Gasteiger partial charge in [0.15, 0.2) is 0 Å². The third-order valence-corrected chi connectivity index (χ3v) is 14.1. The number of carbonyl (C=O) groups is 1. The van der Waals surface area contributed by atoms with E-state index in [1.165, 1.54) is 22.9 Å². The fourth-order valence-electron chi connectivity index (χ4n) is 8.64. The first-order valence-corrected chi connectivity index (χ1v) is 23.4. The molecule has 0 radical (unpaired) electrons. The largest absolute Gasteiger partial charge is 0.476 e. The highest BCUT2D eigenvalue weighted by atomic mass is 35.5. The lowest BCUT2D eigenvalue weighted by atomic mass is 9.72. The van der Waals surface area contributed by atoms with Gasteiger partial charge in [-0.2, -0.15) is 0 Å². The standard InChI is InChI=1S/C46H51Cl2F2N7O5S/c1-46(2)12-9-33(40(22-46)31-3-5-34(47)6-4-31)28-55-15-17-56(18-16-55)35-7-8-39(42(20-35)62-37-19-32-10-13-51-43(32)52-25-37)44(58)54-63(59,60)38-21-41(48)45(53-26-38)61-29-30-11-14-57(27-30)36(23-49)24-50/h3-8,10,13,19-21,25-26,30,36H,9,11-12,14-18,22-24,27-29H2,1-2H3,(H,51,52)(H,54,58)/t30-/m1/s1. The maximum atomic E-state index is 13.9. The SMILES string of the molecule is CC1(C)CCC(CN2CCN(c3ccc(C(=O)NS(=O)(=O)c4cnc(OC[C@@H]5CCN(C(CF)CF)C5)c(Cl)c4)c(Oc4cnc5[nH]ccc5c4)c3)CC2)=C(c2ccc(Cl)cc2)C1. The Hall–Kier alpha value is -4.80. The van der Waals surface area contributed by atoms with E-state index in [2.05, 4.69) is 55.5 Å². The molecule has 1 atom stereocenters. The first-order valence-electron chi connectivity index (χ1n) is 21.2. The topological polar surface area (TPSA) is 133 Å². The number of nitrogens with zero attached hydrogens (tertiary/aromatic N) is 5. The maximum Gasteiger partial charge on any atom is 0.268 e. The van der Waals surface area contributed by atoms with Crippen LogP contribution >= 0.6 is 23.2 Å². The second-order valence-corrected chi connectivity index (χ2v) is 19.9. The molecular formula is C46H51Cl2F2N7O5S. The number of H-pyrrole nitrogens is 1. The molecule has 3 aliphatic rings. The van der Waals surface area contributed by atoms with Gasteiger partial charge in [0.1, 0.15) is 40.4 Å². The molecular weight excluding hydrogens is 872 g/mol. The molecule has 8 rings (SSSR count). The summed E-state index contributed by atoms with van der Waals surface area (Å²) in [5.41, 5.74) is 5.82. The van der Waals surface area contributed by atoms with Crippen LogP contribution in [0.25, 0.3) is 16.6 Å². The number of carbonyl (C=O) groups excluding carboxylic acids is 1. The van der Waals surface area contributed by atoms with Crippen molar-refractivity contribution in [2.45, 2.75) is 50.5 Å². The Balaban J connectivity index is 0.963. The lowest BCUT2D eigenvalue weighted by Crippen LogP contribution is -2.47. The van der Waals surface area contributed by atoms with Crippen LogP contribution in [-0.2, 0) is 10.0 Å². The van der Waals surface area contributed by atoms with Crippen LogP contribution in [0.15, 0.2) is 89.7 Å². The van der Waals surface area contributed by atoms with Crippen molar-refractivity contribution in [3.05, 3.63) is 106 Å². The van der Waals surface area contributed by atoms with Crippen LogP contribution in [0.2, 0.25) is 10.0 Å². The van der Waals surface area contributed by atoms with Crippen molar-refractivity contribution in [3.8, 4) is 17.4 Å². The molecule has 5 heterocycles. The van der Waals surface area contributed by atoms with Gasteiger partial charge in [0.2, 0.25) is 5.88 Å². The number of fused-ring (bicyclic) bond motifs is 1. The van der Waals surface area contributed by atoms with E-state index in [9.17, 15) is 22.0 Å². The quantitative estimate of drug-likeness (QED) is 0.105. The number of alkyl halides is 2. The summed E-state index contributed by atoms with van der Waals surface area (Å²) < 4.78 is 67.8. The predicted octanol–water partition coefficient (Wildman–Crippen LogP) is 8.97. The summed E-state index contributed by atoms with van der Waals surface area (Å²) in [4.78, 5) is 31.6. The van der Waals surface area contributed by atoms with Gasteiger partial charge < -0.3 is 19.4 Å². The molecule has 2 N–H and O–H groups in total. The number of halogens is 4. The molecule has 3 aromatic heterocycles. The van der Waals surface area contributed by atoms with Crippen LogP contribution in [0, 0.1) is 11.3 Å². The number of aromatic nitrogens is 3. The second kappa shape index (κ2) is 19.1. The number of benzene rings is 2. The van der Waals surface area contributed by atoms with E-state index >= 15 is 0 Å². The molecule has 334 valence electrons. The van der Waals surface area contributed by atoms with Crippen LogP contribution in [0.1, 0.15) is 55.5 Å². The zero-order chi connectivity index (χ0) is 44.3. The van der Waals surface area contributed by atoms with Crippen molar-refractivity contribution in [2.75, 3.05) is 70.7 Å². The first-order chi connectivity index (χ1) is 30.3. The number of hydrogen-bond acceptors (Lipinski definition) is 10. The number of amides is 1. The molecule has 0 bridgehead atoms. The number of rotatable bonds is 15. The van der Waals surface area contributed by atoms with Gasteiger partial charge >= 0.3 is 0 Å². The van der Waals surface area contributed by atoms with Gasteiger partial charge in [-0.05, 0) is 91.2 Å². The van der Waals surface area contributed by atoms with Crippen LogP contribution in [0.5, 0.6) is 17.4 Å². The fourth-order valence-corrected chi connectivity index (χ4v) is 9.99. The minimum absolute atomic E-state index is 0.00541. The van der Waals surface area contributed by atoms with E-state index in [0.29, 0.717) is 30.9 Å². The lowest BCUT2D eigenvalue weighted by molar-refractivity contribution is 0.0979. The molecule has 63 heavy (non-hydrogen) atoms. The van der Waals surface area contributed by atoms with E-state index < -0.39 is 35.3 Å². The average Bonchev–Trinajstić information content (AvgIpc) is 3.94. The summed E-state index contributed by atoms with van der Waals surface area (Å²) in [6, 6.07) is 17.3. The van der Waals surface area contributed by atoms with E-state index in [1.54, 1.807) is 35.4 Å². The molecule has 0 spiro atoms. The number of allylic oxidation sites excluding steroid dienone is 1. The van der Waals surface area contributed by atoms with E-state index in [1.807, 2.05) is 18.2 Å². The molecule has 0 unspecified atom stereocenters. The minimum atomic E-state index is -4.47. The minimum Gasteiger partial charge on any atom is -0.476 e. The smallest absolute Gasteiger partial charge is 0.268 e. The van der Waals surface area contributed by atoms with Gasteiger partial charge in [0.25, 0.3) is 15.9 Å².